The predicted octanol–water partition coefficient (Wildman–Crippen LogP) is 1.75. The first-order chi connectivity index (χ1) is 15.4. The van der Waals surface area contributed by atoms with Crippen LogP contribution in [0.25, 0.3) is 0 Å². The average molecular weight is 459 g/mol. The number of hydrogen-bond acceptors (Lipinski definition) is 6. The van der Waals surface area contributed by atoms with E-state index in [9.17, 15) is 18.0 Å². The van der Waals surface area contributed by atoms with Crippen molar-refractivity contribution in [2.24, 2.45) is 5.10 Å². The van der Waals surface area contributed by atoms with E-state index in [1.165, 1.54) is 41.9 Å². The molecule has 0 aromatic heterocycles. The van der Waals surface area contributed by atoms with Crippen molar-refractivity contribution in [1.29, 1.82) is 0 Å². The van der Waals surface area contributed by atoms with Crippen LogP contribution in [0, 0.1) is 0 Å². The fraction of sp³-hybridized carbons (Fsp3) is 0.318. The Balaban J connectivity index is 1.51. The van der Waals surface area contributed by atoms with Gasteiger partial charge < -0.3 is 10.1 Å². The summed E-state index contributed by atoms with van der Waals surface area (Å²) in [7, 11) is -2.02. The summed E-state index contributed by atoms with van der Waals surface area (Å²) in [6, 6.07) is 12.9. The van der Waals surface area contributed by atoms with E-state index >= 15 is 0 Å². The SMILES string of the molecule is COc1ccccc1/C=N/NC(=O)CNC(=O)c1ccc(S(=O)(=O)N2CCCCC2)cc1. The number of nitrogens with one attached hydrogen (secondary N) is 2. The van der Waals surface area contributed by atoms with Crippen molar-refractivity contribution in [2.45, 2.75) is 24.2 Å². The van der Waals surface area contributed by atoms with Crippen molar-refractivity contribution in [3.05, 3.63) is 59.7 Å². The topological polar surface area (TPSA) is 117 Å². The maximum atomic E-state index is 12.7. The van der Waals surface area contributed by atoms with Crippen LogP contribution in [-0.4, -0.2) is 57.5 Å². The number of hydrogen-bond donors (Lipinski definition) is 2. The number of benzene rings is 2. The molecule has 1 saturated heterocycles. The zero-order chi connectivity index (χ0) is 23.0. The fourth-order valence-electron chi connectivity index (χ4n) is 3.28. The number of carbonyl (C=O) groups excluding carboxylic acids is 2. The van der Waals surface area contributed by atoms with Crippen molar-refractivity contribution in [3.8, 4) is 5.75 Å². The summed E-state index contributed by atoms with van der Waals surface area (Å²) in [5, 5.41) is 6.34. The van der Waals surface area contributed by atoms with Crippen LogP contribution in [0.3, 0.4) is 0 Å². The highest BCUT2D eigenvalue weighted by Crippen LogP contribution is 2.21. The lowest BCUT2D eigenvalue weighted by molar-refractivity contribution is -0.120. The van der Waals surface area contributed by atoms with Gasteiger partial charge in [-0.3, -0.25) is 9.59 Å². The Morgan fingerprint density at radius 2 is 1.75 bits per heavy atom. The summed E-state index contributed by atoms with van der Waals surface area (Å²) in [6.07, 6.45) is 4.18. The molecule has 9 nitrogen and oxygen atoms in total. The number of ether oxygens (including phenoxy) is 1. The van der Waals surface area contributed by atoms with E-state index in [0.717, 1.165) is 19.3 Å². The molecule has 1 fully saturated rings. The first kappa shape index (κ1) is 23.4. The molecule has 0 aliphatic carbocycles. The minimum absolute atomic E-state index is 0.152. The maximum Gasteiger partial charge on any atom is 0.259 e. The van der Waals surface area contributed by atoms with Gasteiger partial charge in [-0.05, 0) is 49.2 Å². The lowest BCUT2D eigenvalue weighted by atomic mass is 10.2. The van der Waals surface area contributed by atoms with Crippen molar-refractivity contribution >= 4 is 28.1 Å². The number of methoxy groups -OCH3 is 1. The van der Waals surface area contributed by atoms with Gasteiger partial charge in [0.25, 0.3) is 11.8 Å². The number of para-hydroxylation sites is 1. The van der Waals surface area contributed by atoms with Crippen LogP contribution in [0.1, 0.15) is 35.2 Å². The Bertz CT molecular complexity index is 1080. The minimum atomic E-state index is -3.56. The second-order valence-electron chi connectivity index (χ2n) is 7.21. The molecule has 3 rings (SSSR count). The summed E-state index contributed by atoms with van der Waals surface area (Å²) < 4.78 is 32.0. The van der Waals surface area contributed by atoms with Crippen molar-refractivity contribution in [2.75, 3.05) is 26.7 Å². The van der Waals surface area contributed by atoms with E-state index in [-0.39, 0.29) is 17.0 Å². The number of piperidine rings is 1. The van der Waals surface area contributed by atoms with Gasteiger partial charge in [0.2, 0.25) is 10.0 Å². The van der Waals surface area contributed by atoms with Crippen LogP contribution < -0.4 is 15.5 Å². The number of carbonyl (C=O) groups is 2. The van der Waals surface area contributed by atoms with Gasteiger partial charge >= 0.3 is 0 Å². The smallest absolute Gasteiger partial charge is 0.259 e. The molecule has 0 unspecified atom stereocenters. The van der Waals surface area contributed by atoms with Gasteiger partial charge in [0.15, 0.2) is 0 Å². The molecule has 0 atom stereocenters. The summed E-state index contributed by atoms with van der Waals surface area (Å²) in [6.45, 7) is 0.744. The van der Waals surface area contributed by atoms with Crippen molar-refractivity contribution in [1.82, 2.24) is 15.0 Å². The fourth-order valence-corrected chi connectivity index (χ4v) is 4.80. The molecule has 1 aliphatic heterocycles. The molecule has 1 aliphatic rings. The average Bonchev–Trinajstić information content (AvgIpc) is 2.83. The second kappa shape index (κ2) is 10.9. The molecule has 0 saturated carbocycles. The zero-order valence-electron chi connectivity index (χ0n) is 17.8. The van der Waals surface area contributed by atoms with Crippen LogP contribution in [0.4, 0.5) is 0 Å². The molecule has 0 bridgehead atoms. The van der Waals surface area contributed by atoms with Crippen molar-refractivity contribution < 1.29 is 22.7 Å². The first-order valence-corrected chi connectivity index (χ1v) is 11.7. The Hall–Kier alpha value is -3.24. The van der Waals surface area contributed by atoms with Crippen LogP contribution in [0.2, 0.25) is 0 Å². The standard InChI is InChI=1S/C22H26N4O5S/c1-31-20-8-4-3-7-18(20)15-24-25-21(27)16-23-22(28)17-9-11-19(12-10-17)32(29,30)26-13-5-2-6-14-26/h3-4,7-12,15H,2,5-6,13-14,16H2,1H3,(H,23,28)(H,25,27)/b24-15+. The third kappa shape index (κ3) is 5.92. The lowest BCUT2D eigenvalue weighted by Gasteiger charge is -2.25. The summed E-state index contributed by atoms with van der Waals surface area (Å²) in [5.41, 5.74) is 3.28. The molecule has 2 N–H and O–H groups in total. The number of nitrogens with zero attached hydrogens (tertiary/aromatic N) is 2. The van der Waals surface area contributed by atoms with E-state index in [2.05, 4.69) is 15.8 Å². The number of sulfonamides is 1. The molecule has 2 aromatic rings. The van der Waals surface area contributed by atoms with E-state index in [0.29, 0.717) is 24.4 Å². The van der Waals surface area contributed by atoms with E-state index in [1.54, 1.807) is 12.1 Å². The zero-order valence-corrected chi connectivity index (χ0v) is 18.6. The maximum absolute atomic E-state index is 12.7. The van der Waals surface area contributed by atoms with Gasteiger partial charge in [0, 0.05) is 24.2 Å². The number of hydrazone groups is 1. The molecule has 2 aromatic carbocycles. The van der Waals surface area contributed by atoms with Crippen LogP contribution in [-0.2, 0) is 14.8 Å². The van der Waals surface area contributed by atoms with E-state index < -0.39 is 21.8 Å². The van der Waals surface area contributed by atoms with Crippen LogP contribution in [0.15, 0.2) is 58.5 Å². The lowest BCUT2D eigenvalue weighted by Crippen LogP contribution is -2.36. The van der Waals surface area contributed by atoms with Crippen molar-refractivity contribution in [3.63, 3.8) is 0 Å². The van der Waals surface area contributed by atoms with Gasteiger partial charge in [0.1, 0.15) is 5.75 Å². The Kier molecular flexibility index (Phi) is 7.96. The summed E-state index contributed by atoms with van der Waals surface area (Å²) >= 11 is 0. The van der Waals surface area contributed by atoms with Crippen LogP contribution in [0.5, 0.6) is 5.75 Å². The highest BCUT2D eigenvalue weighted by atomic mass is 32.2. The van der Waals surface area contributed by atoms with Crippen LogP contribution >= 0.6 is 0 Å². The highest BCUT2D eigenvalue weighted by Gasteiger charge is 2.25. The van der Waals surface area contributed by atoms with Gasteiger partial charge in [-0.1, -0.05) is 18.6 Å². The predicted molar refractivity (Wildman–Crippen MR) is 120 cm³/mol. The Labute approximate surface area is 187 Å². The molecule has 170 valence electrons. The molecule has 2 amide bonds. The third-order valence-corrected chi connectivity index (χ3v) is 6.92. The monoisotopic (exact) mass is 458 g/mol. The quantitative estimate of drug-likeness (QED) is 0.462. The largest absolute Gasteiger partial charge is 0.496 e. The second-order valence-corrected chi connectivity index (χ2v) is 9.14. The molecule has 1 heterocycles. The minimum Gasteiger partial charge on any atom is -0.496 e. The normalized spacial score (nSPS) is 14.8. The number of amides is 2. The molecule has 32 heavy (non-hydrogen) atoms. The summed E-state index contributed by atoms with van der Waals surface area (Å²) in [4.78, 5) is 24.4. The van der Waals surface area contributed by atoms with E-state index in [1.807, 2.05) is 12.1 Å². The van der Waals surface area contributed by atoms with Gasteiger partial charge in [0.05, 0.1) is 24.8 Å². The Morgan fingerprint density at radius 3 is 2.44 bits per heavy atom. The Morgan fingerprint density at radius 1 is 1.06 bits per heavy atom. The number of rotatable bonds is 8. The molecule has 0 radical (unpaired) electrons. The third-order valence-electron chi connectivity index (χ3n) is 5.01. The highest BCUT2D eigenvalue weighted by molar-refractivity contribution is 7.89. The van der Waals surface area contributed by atoms with Gasteiger partial charge in [-0.25, -0.2) is 13.8 Å². The van der Waals surface area contributed by atoms with Gasteiger partial charge in [-0.15, -0.1) is 0 Å². The summed E-state index contributed by atoms with van der Waals surface area (Å²) in [5.74, 6) is -0.380. The molecular formula is C22H26N4O5S. The molecular weight excluding hydrogens is 432 g/mol. The van der Waals surface area contributed by atoms with E-state index in [4.69, 9.17) is 4.74 Å². The first-order valence-electron chi connectivity index (χ1n) is 10.2. The molecule has 10 heteroatoms. The molecule has 0 spiro atoms. The van der Waals surface area contributed by atoms with Gasteiger partial charge in [-0.2, -0.15) is 9.41 Å².